The van der Waals surface area contributed by atoms with Crippen LogP contribution in [0.4, 0.5) is 0 Å². The standard InChI is InChI=1S/C16H25N3O3/c1-12-3-2-6-19(10-12)16(21)15-9-14(22-17-15)11-18-7-4-13(20)5-8-18/h9,12-13,20H,2-8,10-11H2,1H3/t12-/m1/s1. The van der Waals surface area contributed by atoms with Gasteiger partial charge in [0.25, 0.3) is 5.91 Å². The van der Waals surface area contributed by atoms with E-state index < -0.39 is 0 Å². The third-order valence-electron chi connectivity index (χ3n) is 4.66. The molecular weight excluding hydrogens is 282 g/mol. The van der Waals surface area contributed by atoms with Crippen LogP contribution in [-0.2, 0) is 6.54 Å². The van der Waals surface area contributed by atoms with Crippen LogP contribution in [0.5, 0.6) is 0 Å². The van der Waals surface area contributed by atoms with Gasteiger partial charge < -0.3 is 14.5 Å². The largest absolute Gasteiger partial charge is 0.393 e. The molecule has 0 radical (unpaired) electrons. The highest BCUT2D eigenvalue weighted by atomic mass is 16.5. The molecule has 0 spiro atoms. The Balaban J connectivity index is 1.57. The number of aliphatic hydroxyl groups is 1. The van der Waals surface area contributed by atoms with Gasteiger partial charge in [0.05, 0.1) is 12.6 Å². The predicted octanol–water partition coefficient (Wildman–Crippen LogP) is 1.50. The normalized spacial score (nSPS) is 24.6. The van der Waals surface area contributed by atoms with E-state index in [4.69, 9.17) is 4.52 Å². The third kappa shape index (κ3) is 3.67. The first kappa shape index (κ1) is 15.5. The Labute approximate surface area is 131 Å². The Morgan fingerprint density at radius 1 is 1.36 bits per heavy atom. The van der Waals surface area contributed by atoms with Gasteiger partial charge in [0.1, 0.15) is 0 Å². The summed E-state index contributed by atoms with van der Waals surface area (Å²) in [6.07, 6.45) is 3.67. The highest BCUT2D eigenvalue weighted by Gasteiger charge is 2.25. The number of aromatic nitrogens is 1. The quantitative estimate of drug-likeness (QED) is 0.916. The summed E-state index contributed by atoms with van der Waals surface area (Å²) < 4.78 is 5.33. The average molecular weight is 307 g/mol. The van der Waals surface area contributed by atoms with Crippen molar-refractivity contribution in [2.24, 2.45) is 5.92 Å². The van der Waals surface area contributed by atoms with Crippen LogP contribution in [-0.4, -0.2) is 58.3 Å². The molecule has 2 aliphatic heterocycles. The number of hydrogen-bond donors (Lipinski definition) is 1. The molecule has 1 aromatic heterocycles. The fourth-order valence-electron chi connectivity index (χ4n) is 3.32. The minimum Gasteiger partial charge on any atom is -0.393 e. The van der Waals surface area contributed by atoms with Crippen molar-refractivity contribution in [3.05, 3.63) is 17.5 Å². The number of amides is 1. The number of piperidine rings is 2. The van der Waals surface area contributed by atoms with Crippen LogP contribution in [0.15, 0.2) is 10.6 Å². The average Bonchev–Trinajstić information content (AvgIpc) is 2.97. The van der Waals surface area contributed by atoms with Gasteiger partial charge in [0.2, 0.25) is 0 Å². The lowest BCUT2D eigenvalue weighted by molar-refractivity contribution is 0.0670. The van der Waals surface area contributed by atoms with Crippen LogP contribution in [0, 0.1) is 5.92 Å². The van der Waals surface area contributed by atoms with Crippen molar-refractivity contribution in [3.63, 3.8) is 0 Å². The maximum Gasteiger partial charge on any atom is 0.276 e. The Kier molecular flexibility index (Phi) is 4.78. The van der Waals surface area contributed by atoms with Gasteiger partial charge in [-0.1, -0.05) is 12.1 Å². The smallest absolute Gasteiger partial charge is 0.276 e. The molecule has 6 nitrogen and oxygen atoms in total. The molecule has 0 saturated carbocycles. The van der Waals surface area contributed by atoms with Gasteiger partial charge in [-0.3, -0.25) is 9.69 Å². The van der Waals surface area contributed by atoms with E-state index in [2.05, 4.69) is 17.0 Å². The zero-order valence-corrected chi connectivity index (χ0v) is 13.2. The zero-order chi connectivity index (χ0) is 15.5. The van der Waals surface area contributed by atoms with E-state index in [0.717, 1.165) is 51.2 Å². The van der Waals surface area contributed by atoms with Crippen molar-refractivity contribution in [3.8, 4) is 0 Å². The topological polar surface area (TPSA) is 69.8 Å². The predicted molar refractivity (Wildman–Crippen MR) is 81.3 cm³/mol. The number of carbonyl (C=O) groups is 1. The van der Waals surface area contributed by atoms with E-state index in [0.29, 0.717) is 18.2 Å². The van der Waals surface area contributed by atoms with Crippen molar-refractivity contribution in [2.45, 2.75) is 45.3 Å². The molecule has 0 unspecified atom stereocenters. The van der Waals surface area contributed by atoms with Gasteiger partial charge >= 0.3 is 0 Å². The monoisotopic (exact) mass is 307 g/mol. The summed E-state index contributed by atoms with van der Waals surface area (Å²) in [5, 5.41) is 13.5. The number of nitrogens with zero attached hydrogens (tertiary/aromatic N) is 3. The lowest BCUT2D eigenvalue weighted by atomic mass is 10.00. The number of hydrogen-bond acceptors (Lipinski definition) is 5. The summed E-state index contributed by atoms with van der Waals surface area (Å²) >= 11 is 0. The molecule has 1 aromatic rings. The molecule has 2 saturated heterocycles. The van der Waals surface area contributed by atoms with Crippen molar-refractivity contribution >= 4 is 5.91 Å². The van der Waals surface area contributed by atoms with Crippen molar-refractivity contribution in [1.29, 1.82) is 0 Å². The van der Waals surface area contributed by atoms with Gasteiger partial charge in [-0.2, -0.15) is 0 Å². The highest BCUT2D eigenvalue weighted by Crippen LogP contribution is 2.19. The number of aliphatic hydroxyl groups excluding tert-OH is 1. The van der Waals surface area contributed by atoms with Crippen molar-refractivity contribution in [1.82, 2.24) is 15.0 Å². The van der Waals surface area contributed by atoms with Crippen LogP contribution in [0.3, 0.4) is 0 Å². The molecule has 1 atom stereocenters. The van der Waals surface area contributed by atoms with E-state index in [1.807, 2.05) is 4.90 Å². The van der Waals surface area contributed by atoms with Gasteiger partial charge in [-0.25, -0.2) is 0 Å². The van der Waals surface area contributed by atoms with E-state index >= 15 is 0 Å². The minimum atomic E-state index is -0.177. The molecule has 6 heteroatoms. The summed E-state index contributed by atoms with van der Waals surface area (Å²) in [4.78, 5) is 16.6. The molecule has 3 rings (SSSR count). The molecule has 2 fully saturated rings. The fourth-order valence-corrected chi connectivity index (χ4v) is 3.32. The van der Waals surface area contributed by atoms with Crippen molar-refractivity contribution in [2.75, 3.05) is 26.2 Å². The molecule has 0 bridgehead atoms. The molecule has 0 aliphatic carbocycles. The molecule has 122 valence electrons. The first-order chi connectivity index (χ1) is 10.6. The van der Waals surface area contributed by atoms with Crippen molar-refractivity contribution < 1.29 is 14.4 Å². The Morgan fingerprint density at radius 2 is 2.14 bits per heavy atom. The number of rotatable bonds is 3. The first-order valence-electron chi connectivity index (χ1n) is 8.27. The van der Waals surface area contributed by atoms with E-state index in [1.54, 1.807) is 6.07 Å². The molecule has 2 aliphatic rings. The summed E-state index contributed by atoms with van der Waals surface area (Å²) in [6.45, 7) is 6.17. The first-order valence-corrected chi connectivity index (χ1v) is 8.27. The molecule has 22 heavy (non-hydrogen) atoms. The maximum atomic E-state index is 12.5. The molecule has 1 N–H and O–H groups in total. The zero-order valence-electron chi connectivity index (χ0n) is 13.2. The van der Waals surface area contributed by atoms with Gasteiger partial charge in [0, 0.05) is 32.2 Å². The second kappa shape index (κ2) is 6.79. The fraction of sp³-hybridized carbons (Fsp3) is 0.750. The third-order valence-corrected chi connectivity index (χ3v) is 4.66. The Morgan fingerprint density at radius 3 is 2.86 bits per heavy atom. The van der Waals surface area contributed by atoms with Gasteiger partial charge in [-0.05, 0) is 31.6 Å². The van der Waals surface area contributed by atoms with Crippen LogP contribution < -0.4 is 0 Å². The Hall–Kier alpha value is -1.40. The lowest BCUT2D eigenvalue weighted by Crippen LogP contribution is -2.39. The summed E-state index contributed by atoms with van der Waals surface area (Å²) in [6, 6.07) is 1.77. The molecule has 3 heterocycles. The van der Waals surface area contributed by atoms with Crippen LogP contribution in [0.1, 0.15) is 48.9 Å². The molecular formula is C16H25N3O3. The van der Waals surface area contributed by atoms with Crippen LogP contribution >= 0.6 is 0 Å². The second-order valence-corrected chi connectivity index (χ2v) is 6.68. The number of carbonyl (C=O) groups excluding carboxylic acids is 1. The minimum absolute atomic E-state index is 0.0179. The van der Waals surface area contributed by atoms with Gasteiger partial charge in [0.15, 0.2) is 11.5 Å². The second-order valence-electron chi connectivity index (χ2n) is 6.68. The summed E-state index contributed by atoms with van der Waals surface area (Å²) in [5.41, 5.74) is 0.418. The molecule has 0 aromatic carbocycles. The van der Waals surface area contributed by atoms with E-state index in [9.17, 15) is 9.90 Å². The maximum absolute atomic E-state index is 12.5. The van der Waals surface area contributed by atoms with Crippen LogP contribution in [0.2, 0.25) is 0 Å². The van der Waals surface area contributed by atoms with E-state index in [1.165, 1.54) is 6.42 Å². The Bertz CT molecular complexity index is 508. The van der Waals surface area contributed by atoms with Crippen LogP contribution in [0.25, 0.3) is 0 Å². The lowest BCUT2D eigenvalue weighted by Gasteiger charge is -2.30. The summed E-state index contributed by atoms with van der Waals surface area (Å²) in [5.74, 6) is 1.27. The SMILES string of the molecule is C[C@@H]1CCCN(C(=O)c2cc(CN3CCC(O)CC3)on2)C1. The van der Waals surface area contributed by atoms with Gasteiger partial charge in [-0.15, -0.1) is 0 Å². The highest BCUT2D eigenvalue weighted by molar-refractivity contribution is 5.92. The number of likely N-dealkylation sites (tertiary alicyclic amines) is 2. The summed E-state index contributed by atoms with van der Waals surface area (Å²) in [7, 11) is 0. The molecule has 1 amide bonds. The van der Waals surface area contributed by atoms with E-state index in [-0.39, 0.29) is 12.0 Å².